The largest absolute Gasteiger partial charge is 0.504 e. The van der Waals surface area contributed by atoms with E-state index in [1.54, 1.807) is 13.2 Å². The van der Waals surface area contributed by atoms with Gasteiger partial charge in [-0.15, -0.1) is 0 Å². The maximum atomic E-state index is 9.69. The smallest absolute Gasteiger partial charge is 0.160 e. The first-order valence-electron chi connectivity index (χ1n) is 7.74. The van der Waals surface area contributed by atoms with Crippen LogP contribution in [0.15, 0.2) is 18.2 Å². The standard InChI is InChI=1S/C16H25N3O2/c1-12(13-3-4-15(20)16(9-13)21-2)19-10-14(11-19)18-7-5-17-6-8-18/h3-4,9,12,14,17,20H,5-8,10-11H2,1-2H3. The number of likely N-dealkylation sites (tertiary alicyclic amines) is 1. The number of ether oxygens (including phenoxy) is 1. The Kier molecular flexibility index (Phi) is 4.33. The monoisotopic (exact) mass is 291 g/mol. The summed E-state index contributed by atoms with van der Waals surface area (Å²) in [5, 5.41) is 13.1. The molecule has 2 aliphatic heterocycles. The molecule has 0 radical (unpaired) electrons. The summed E-state index contributed by atoms with van der Waals surface area (Å²) in [7, 11) is 1.59. The number of aromatic hydroxyl groups is 1. The van der Waals surface area contributed by atoms with E-state index >= 15 is 0 Å². The van der Waals surface area contributed by atoms with Crippen molar-refractivity contribution in [2.75, 3.05) is 46.4 Å². The molecule has 2 aliphatic rings. The second-order valence-corrected chi connectivity index (χ2v) is 6.00. The van der Waals surface area contributed by atoms with Gasteiger partial charge in [-0.25, -0.2) is 0 Å². The highest BCUT2D eigenvalue weighted by molar-refractivity contribution is 5.42. The second kappa shape index (κ2) is 6.22. The van der Waals surface area contributed by atoms with E-state index in [-0.39, 0.29) is 5.75 Å². The summed E-state index contributed by atoms with van der Waals surface area (Å²) in [6.07, 6.45) is 0. The summed E-state index contributed by atoms with van der Waals surface area (Å²) in [5.74, 6) is 0.759. The van der Waals surface area contributed by atoms with Crippen molar-refractivity contribution < 1.29 is 9.84 Å². The number of hydrogen-bond acceptors (Lipinski definition) is 5. The highest BCUT2D eigenvalue weighted by Crippen LogP contribution is 2.33. The fourth-order valence-corrected chi connectivity index (χ4v) is 3.25. The van der Waals surface area contributed by atoms with Gasteiger partial charge in [0.2, 0.25) is 0 Å². The van der Waals surface area contributed by atoms with E-state index < -0.39 is 0 Å². The third-order valence-electron chi connectivity index (χ3n) is 4.79. The third kappa shape index (κ3) is 3.00. The lowest BCUT2D eigenvalue weighted by atomic mass is 9.98. The fraction of sp³-hybridized carbons (Fsp3) is 0.625. The van der Waals surface area contributed by atoms with Gasteiger partial charge in [-0.1, -0.05) is 6.07 Å². The van der Waals surface area contributed by atoms with Crippen LogP contribution < -0.4 is 10.1 Å². The van der Waals surface area contributed by atoms with E-state index in [9.17, 15) is 5.11 Å². The van der Waals surface area contributed by atoms with Crippen molar-refractivity contribution in [1.29, 1.82) is 0 Å². The Bertz CT molecular complexity index is 482. The molecule has 5 nitrogen and oxygen atoms in total. The molecule has 0 amide bonds. The Balaban J connectivity index is 1.58. The summed E-state index contributed by atoms with van der Waals surface area (Å²) in [6, 6.07) is 6.71. The van der Waals surface area contributed by atoms with Gasteiger partial charge in [0.15, 0.2) is 11.5 Å². The molecule has 1 aromatic rings. The van der Waals surface area contributed by atoms with Crippen LogP contribution in [0.25, 0.3) is 0 Å². The van der Waals surface area contributed by atoms with Crippen LogP contribution in [0.1, 0.15) is 18.5 Å². The molecule has 0 saturated carbocycles. The first-order valence-corrected chi connectivity index (χ1v) is 7.74. The van der Waals surface area contributed by atoms with Gasteiger partial charge in [-0.05, 0) is 24.6 Å². The topological polar surface area (TPSA) is 48.0 Å². The van der Waals surface area contributed by atoms with Crippen LogP contribution in [0.3, 0.4) is 0 Å². The summed E-state index contributed by atoms with van der Waals surface area (Å²) >= 11 is 0. The average Bonchev–Trinajstić information content (AvgIpc) is 2.47. The molecule has 21 heavy (non-hydrogen) atoms. The lowest BCUT2D eigenvalue weighted by Crippen LogP contribution is -2.62. The molecule has 3 rings (SSSR count). The number of piperazine rings is 1. The number of methoxy groups -OCH3 is 1. The summed E-state index contributed by atoms with van der Waals surface area (Å²) in [6.45, 7) is 9.04. The van der Waals surface area contributed by atoms with Crippen LogP contribution in [-0.2, 0) is 0 Å². The van der Waals surface area contributed by atoms with Gasteiger partial charge in [0.1, 0.15) is 0 Å². The van der Waals surface area contributed by atoms with Crippen molar-refractivity contribution in [1.82, 2.24) is 15.1 Å². The second-order valence-electron chi connectivity index (χ2n) is 6.00. The Morgan fingerprint density at radius 2 is 2.00 bits per heavy atom. The van der Waals surface area contributed by atoms with E-state index in [2.05, 4.69) is 22.0 Å². The zero-order valence-electron chi connectivity index (χ0n) is 12.9. The average molecular weight is 291 g/mol. The van der Waals surface area contributed by atoms with Gasteiger partial charge in [0.25, 0.3) is 0 Å². The minimum Gasteiger partial charge on any atom is -0.504 e. The van der Waals surface area contributed by atoms with Gasteiger partial charge in [0.05, 0.1) is 7.11 Å². The first kappa shape index (κ1) is 14.6. The number of hydrogen-bond donors (Lipinski definition) is 2. The summed E-state index contributed by atoms with van der Waals surface area (Å²) in [4.78, 5) is 5.08. The van der Waals surface area contributed by atoms with Crippen molar-refractivity contribution in [2.24, 2.45) is 0 Å². The predicted molar refractivity (Wildman–Crippen MR) is 82.9 cm³/mol. The molecule has 0 aromatic heterocycles. The maximum Gasteiger partial charge on any atom is 0.160 e. The molecule has 0 aliphatic carbocycles. The quantitative estimate of drug-likeness (QED) is 0.868. The van der Waals surface area contributed by atoms with Crippen LogP contribution in [0.2, 0.25) is 0 Å². The van der Waals surface area contributed by atoms with Gasteiger partial charge in [0, 0.05) is 51.4 Å². The lowest BCUT2D eigenvalue weighted by Gasteiger charge is -2.49. The Labute approximate surface area is 126 Å². The Morgan fingerprint density at radius 3 is 2.67 bits per heavy atom. The van der Waals surface area contributed by atoms with Gasteiger partial charge >= 0.3 is 0 Å². The number of rotatable bonds is 4. The number of nitrogens with one attached hydrogen (secondary N) is 1. The van der Waals surface area contributed by atoms with Gasteiger partial charge in [-0.3, -0.25) is 9.80 Å². The van der Waals surface area contributed by atoms with Crippen molar-refractivity contribution >= 4 is 0 Å². The van der Waals surface area contributed by atoms with E-state index in [0.717, 1.165) is 26.2 Å². The van der Waals surface area contributed by atoms with E-state index in [0.29, 0.717) is 17.8 Å². The van der Waals surface area contributed by atoms with Gasteiger partial charge in [-0.2, -0.15) is 0 Å². The molecular weight excluding hydrogens is 266 g/mol. The Hall–Kier alpha value is -1.30. The molecular formula is C16H25N3O2. The summed E-state index contributed by atoms with van der Waals surface area (Å²) < 4.78 is 5.20. The zero-order valence-corrected chi connectivity index (χ0v) is 12.9. The first-order chi connectivity index (χ1) is 10.2. The molecule has 1 aromatic carbocycles. The number of phenols is 1. The Morgan fingerprint density at radius 1 is 1.29 bits per heavy atom. The molecule has 0 spiro atoms. The van der Waals surface area contributed by atoms with Crippen molar-refractivity contribution in [3.8, 4) is 11.5 Å². The van der Waals surface area contributed by atoms with Crippen LogP contribution in [0.5, 0.6) is 11.5 Å². The van der Waals surface area contributed by atoms with Crippen LogP contribution in [-0.4, -0.2) is 67.3 Å². The van der Waals surface area contributed by atoms with Crippen LogP contribution in [0.4, 0.5) is 0 Å². The number of benzene rings is 1. The summed E-state index contributed by atoms with van der Waals surface area (Å²) in [5.41, 5.74) is 1.20. The van der Waals surface area contributed by atoms with Crippen LogP contribution in [0, 0.1) is 0 Å². The highest BCUT2D eigenvalue weighted by Gasteiger charge is 2.35. The molecule has 2 saturated heterocycles. The molecule has 0 bridgehead atoms. The zero-order chi connectivity index (χ0) is 14.8. The third-order valence-corrected chi connectivity index (χ3v) is 4.79. The highest BCUT2D eigenvalue weighted by atomic mass is 16.5. The number of phenolic OH excluding ortho intramolecular Hbond substituents is 1. The molecule has 1 unspecified atom stereocenters. The lowest BCUT2D eigenvalue weighted by molar-refractivity contribution is 0.00342. The van der Waals surface area contributed by atoms with E-state index in [1.807, 2.05) is 12.1 Å². The minimum atomic E-state index is 0.204. The molecule has 116 valence electrons. The minimum absolute atomic E-state index is 0.204. The maximum absolute atomic E-state index is 9.69. The fourth-order valence-electron chi connectivity index (χ4n) is 3.25. The molecule has 2 heterocycles. The van der Waals surface area contributed by atoms with E-state index in [4.69, 9.17) is 4.74 Å². The molecule has 2 fully saturated rings. The molecule has 5 heteroatoms. The van der Waals surface area contributed by atoms with Crippen molar-refractivity contribution in [3.05, 3.63) is 23.8 Å². The van der Waals surface area contributed by atoms with E-state index in [1.165, 1.54) is 18.7 Å². The number of nitrogens with zero attached hydrogens (tertiary/aromatic N) is 2. The SMILES string of the molecule is COc1cc(C(C)N2CC(N3CCNCC3)C2)ccc1O. The predicted octanol–water partition coefficient (Wildman–Crippen LogP) is 1.05. The molecule has 2 N–H and O–H groups in total. The van der Waals surface area contributed by atoms with Crippen molar-refractivity contribution in [2.45, 2.75) is 19.0 Å². The normalized spacial score (nSPS) is 22.8. The van der Waals surface area contributed by atoms with Crippen LogP contribution >= 0.6 is 0 Å². The van der Waals surface area contributed by atoms with Crippen molar-refractivity contribution in [3.63, 3.8) is 0 Å². The van der Waals surface area contributed by atoms with Gasteiger partial charge < -0.3 is 15.2 Å². The molecule has 1 atom stereocenters.